The van der Waals surface area contributed by atoms with Crippen LogP contribution in [0.5, 0.6) is 11.5 Å². The Balaban J connectivity index is 1.84. The summed E-state index contributed by atoms with van der Waals surface area (Å²) in [5.41, 5.74) is 3.43. The van der Waals surface area contributed by atoms with E-state index in [1.54, 1.807) is 43.5 Å². The van der Waals surface area contributed by atoms with Gasteiger partial charge < -0.3 is 19.4 Å². The molecule has 6 heteroatoms. The molecule has 0 unspecified atom stereocenters. The number of phenols is 1. The largest absolute Gasteiger partial charge is 0.508 e. The summed E-state index contributed by atoms with van der Waals surface area (Å²) in [6.45, 7) is 0. The Hall–Kier alpha value is -4.32. The molecule has 0 aliphatic heterocycles. The summed E-state index contributed by atoms with van der Waals surface area (Å²) >= 11 is 0. The molecule has 0 amide bonds. The van der Waals surface area contributed by atoms with Gasteiger partial charge in [0.25, 0.3) is 0 Å². The summed E-state index contributed by atoms with van der Waals surface area (Å²) in [6.07, 6.45) is 3.04. The fourth-order valence-electron chi connectivity index (χ4n) is 3.61. The van der Waals surface area contributed by atoms with Gasteiger partial charge in [-0.1, -0.05) is 36.4 Å². The number of methoxy groups -OCH3 is 1. The SMILES string of the molecule is COc1ccc(-c2c(Cc3ccc(C=CC(=O)O)cc3)c3ccc(O)cc3oc2=O)cc1. The van der Waals surface area contributed by atoms with Gasteiger partial charge in [-0.2, -0.15) is 0 Å². The molecule has 4 rings (SSSR count). The Bertz CT molecular complexity index is 1360. The summed E-state index contributed by atoms with van der Waals surface area (Å²) in [5, 5.41) is 19.4. The van der Waals surface area contributed by atoms with Crippen molar-refractivity contribution in [3.05, 3.63) is 99.9 Å². The average Bonchev–Trinajstić information content (AvgIpc) is 2.78. The van der Waals surface area contributed by atoms with Gasteiger partial charge in [0, 0.05) is 17.5 Å². The van der Waals surface area contributed by atoms with E-state index in [1.807, 2.05) is 24.3 Å². The van der Waals surface area contributed by atoms with Crippen molar-refractivity contribution < 1.29 is 24.2 Å². The molecule has 32 heavy (non-hydrogen) atoms. The van der Waals surface area contributed by atoms with Crippen LogP contribution in [0.1, 0.15) is 16.7 Å². The second-order valence-electron chi connectivity index (χ2n) is 7.24. The van der Waals surface area contributed by atoms with Gasteiger partial charge in [-0.3, -0.25) is 0 Å². The predicted molar refractivity (Wildman–Crippen MR) is 122 cm³/mol. The Kier molecular flexibility index (Phi) is 5.77. The Morgan fingerprint density at radius 1 is 1.03 bits per heavy atom. The van der Waals surface area contributed by atoms with Crippen molar-refractivity contribution in [3.8, 4) is 22.6 Å². The van der Waals surface area contributed by atoms with E-state index < -0.39 is 11.6 Å². The highest BCUT2D eigenvalue weighted by Gasteiger charge is 2.17. The number of benzene rings is 3. The zero-order valence-corrected chi connectivity index (χ0v) is 17.2. The summed E-state index contributed by atoms with van der Waals surface area (Å²) in [7, 11) is 1.58. The maximum atomic E-state index is 13.0. The molecule has 1 aromatic heterocycles. The molecule has 0 aliphatic rings. The van der Waals surface area contributed by atoms with Crippen LogP contribution < -0.4 is 10.4 Å². The van der Waals surface area contributed by atoms with E-state index in [2.05, 4.69) is 0 Å². The zero-order valence-electron chi connectivity index (χ0n) is 17.2. The van der Waals surface area contributed by atoms with Crippen molar-refractivity contribution >= 4 is 23.0 Å². The maximum Gasteiger partial charge on any atom is 0.344 e. The third-order valence-electron chi connectivity index (χ3n) is 5.16. The topological polar surface area (TPSA) is 97.0 Å². The second kappa shape index (κ2) is 8.81. The van der Waals surface area contributed by atoms with Gasteiger partial charge in [0.1, 0.15) is 17.1 Å². The first-order valence-corrected chi connectivity index (χ1v) is 9.87. The Morgan fingerprint density at radius 3 is 2.41 bits per heavy atom. The molecule has 0 spiro atoms. The number of hydrogen-bond donors (Lipinski definition) is 2. The van der Waals surface area contributed by atoms with Gasteiger partial charge in [0.15, 0.2) is 0 Å². The number of hydrogen-bond acceptors (Lipinski definition) is 5. The molecular weight excluding hydrogens is 408 g/mol. The summed E-state index contributed by atoms with van der Waals surface area (Å²) in [6, 6.07) is 19.3. The van der Waals surface area contributed by atoms with Gasteiger partial charge >= 0.3 is 11.6 Å². The van der Waals surface area contributed by atoms with E-state index in [-0.39, 0.29) is 5.75 Å². The molecule has 0 bridgehead atoms. The van der Waals surface area contributed by atoms with Crippen LogP contribution in [0.4, 0.5) is 0 Å². The first-order valence-electron chi connectivity index (χ1n) is 9.87. The molecule has 160 valence electrons. The lowest BCUT2D eigenvalue weighted by molar-refractivity contribution is -0.131. The second-order valence-corrected chi connectivity index (χ2v) is 7.24. The number of aromatic hydroxyl groups is 1. The van der Waals surface area contributed by atoms with E-state index in [4.69, 9.17) is 14.3 Å². The highest BCUT2D eigenvalue weighted by atomic mass is 16.5. The molecule has 0 aliphatic carbocycles. The molecule has 0 saturated heterocycles. The minimum atomic E-state index is -1.01. The van der Waals surface area contributed by atoms with Crippen LogP contribution in [0.3, 0.4) is 0 Å². The minimum absolute atomic E-state index is 0.0124. The van der Waals surface area contributed by atoms with Crippen LogP contribution in [-0.4, -0.2) is 23.3 Å². The van der Waals surface area contributed by atoms with E-state index in [0.29, 0.717) is 28.9 Å². The van der Waals surface area contributed by atoms with Crippen molar-refractivity contribution in [1.82, 2.24) is 0 Å². The summed E-state index contributed by atoms with van der Waals surface area (Å²) in [5.74, 6) is -0.322. The van der Waals surface area contributed by atoms with Crippen molar-refractivity contribution in [2.24, 2.45) is 0 Å². The first kappa shape index (κ1) is 20.9. The molecule has 0 saturated carbocycles. The summed E-state index contributed by atoms with van der Waals surface area (Å²) < 4.78 is 10.7. The first-order chi connectivity index (χ1) is 15.4. The molecular formula is C26H20O6. The smallest absolute Gasteiger partial charge is 0.344 e. The maximum absolute atomic E-state index is 13.0. The highest BCUT2D eigenvalue weighted by Crippen LogP contribution is 2.32. The van der Waals surface area contributed by atoms with Crippen molar-refractivity contribution in [2.75, 3.05) is 7.11 Å². The van der Waals surface area contributed by atoms with Crippen LogP contribution in [0.15, 0.2) is 82.0 Å². The average molecular weight is 428 g/mol. The summed E-state index contributed by atoms with van der Waals surface area (Å²) in [4.78, 5) is 23.7. The van der Waals surface area contributed by atoms with E-state index >= 15 is 0 Å². The van der Waals surface area contributed by atoms with Crippen LogP contribution >= 0.6 is 0 Å². The van der Waals surface area contributed by atoms with Crippen LogP contribution in [-0.2, 0) is 11.2 Å². The number of fused-ring (bicyclic) bond motifs is 1. The molecule has 2 N–H and O–H groups in total. The zero-order chi connectivity index (χ0) is 22.7. The number of carboxylic acids is 1. The molecule has 4 aromatic rings. The number of ether oxygens (including phenoxy) is 1. The molecule has 0 fully saturated rings. The fraction of sp³-hybridized carbons (Fsp3) is 0.0769. The highest BCUT2D eigenvalue weighted by molar-refractivity contribution is 5.88. The molecule has 6 nitrogen and oxygen atoms in total. The number of carbonyl (C=O) groups is 1. The number of rotatable bonds is 6. The lowest BCUT2D eigenvalue weighted by Gasteiger charge is -2.13. The van der Waals surface area contributed by atoms with Crippen LogP contribution in [0.25, 0.3) is 28.2 Å². The quantitative estimate of drug-likeness (QED) is 0.336. The molecule has 0 radical (unpaired) electrons. The van der Waals surface area contributed by atoms with Crippen molar-refractivity contribution in [2.45, 2.75) is 6.42 Å². The van der Waals surface area contributed by atoms with Crippen LogP contribution in [0, 0.1) is 0 Å². The standard InChI is InChI=1S/C26H20O6/c1-31-20-10-7-18(8-11-20)25-22(21-12-9-19(27)15-23(21)32-26(25)30)14-17-4-2-16(3-5-17)6-13-24(28)29/h2-13,15,27H,14H2,1H3,(H,28,29). The molecule has 1 heterocycles. The number of phenolic OH excluding ortho intramolecular Hbond substituents is 1. The van der Waals surface area contributed by atoms with Gasteiger partial charge in [-0.25, -0.2) is 9.59 Å². The number of aliphatic carboxylic acids is 1. The third-order valence-corrected chi connectivity index (χ3v) is 5.16. The van der Waals surface area contributed by atoms with Crippen molar-refractivity contribution in [3.63, 3.8) is 0 Å². The molecule has 3 aromatic carbocycles. The van der Waals surface area contributed by atoms with Crippen molar-refractivity contribution in [1.29, 1.82) is 0 Å². The molecule has 0 atom stereocenters. The van der Waals surface area contributed by atoms with Crippen LogP contribution in [0.2, 0.25) is 0 Å². The monoisotopic (exact) mass is 428 g/mol. The third kappa shape index (κ3) is 4.39. The van der Waals surface area contributed by atoms with Gasteiger partial charge in [0.2, 0.25) is 0 Å². The lowest BCUT2D eigenvalue weighted by Crippen LogP contribution is -2.09. The normalized spacial score (nSPS) is 11.2. The minimum Gasteiger partial charge on any atom is -0.508 e. The van der Waals surface area contributed by atoms with E-state index in [1.165, 1.54) is 12.1 Å². The Morgan fingerprint density at radius 2 is 1.75 bits per heavy atom. The Labute approximate surface area is 183 Å². The van der Waals surface area contributed by atoms with Gasteiger partial charge in [-0.15, -0.1) is 0 Å². The van der Waals surface area contributed by atoms with Gasteiger partial charge in [-0.05, 0) is 59.0 Å². The fourth-order valence-corrected chi connectivity index (χ4v) is 3.61. The van der Waals surface area contributed by atoms with Gasteiger partial charge in [0.05, 0.1) is 12.7 Å². The lowest BCUT2D eigenvalue weighted by atomic mass is 9.93. The number of carboxylic acid groups (broad SMARTS) is 1. The predicted octanol–water partition coefficient (Wildman–Crippen LogP) is 4.86. The van der Waals surface area contributed by atoms with E-state index in [0.717, 1.165) is 28.2 Å². The van der Waals surface area contributed by atoms with E-state index in [9.17, 15) is 14.7 Å².